The van der Waals surface area contributed by atoms with Crippen LogP contribution in [0.1, 0.15) is 17.5 Å². The lowest BCUT2D eigenvalue weighted by Gasteiger charge is -2.24. The Labute approximate surface area is 134 Å². The van der Waals surface area contributed by atoms with E-state index in [-0.39, 0.29) is 5.91 Å². The zero-order valence-electron chi connectivity index (χ0n) is 13.1. The Balaban J connectivity index is 1.86. The number of benzene rings is 1. The molecule has 1 aliphatic rings. The minimum atomic E-state index is -1.07. The van der Waals surface area contributed by atoms with Crippen molar-refractivity contribution in [3.8, 4) is 11.6 Å². The second-order valence-electron chi connectivity index (χ2n) is 5.50. The van der Waals surface area contributed by atoms with Crippen molar-refractivity contribution in [3.63, 3.8) is 0 Å². The molecule has 3 N–H and O–H groups in total. The van der Waals surface area contributed by atoms with Gasteiger partial charge in [0.15, 0.2) is 0 Å². The SMILES string of the molecule is COc1ccc(NC(=O)C2(N)CCc3c(OC)cccc32)cn1. The number of amides is 1. The van der Waals surface area contributed by atoms with Gasteiger partial charge in [-0.25, -0.2) is 4.98 Å². The van der Waals surface area contributed by atoms with Gasteiger partial charge in [0.1, 0.15) is 11.3 Å². The minimum absolute atomic E-state index is 0.253. The van der Waals surface area contributed by atoms with Crippen molar-refractivity contribution in [3.05, 3.63) is 47.7 Å². The van der Waals surface area contributed by atoms with E-state index in [0.29, 0.717) is 24.4 Å². The molecule has 1 amide bonds. The normalized spacial score (nSPS) is 19.1. The predicted octanol–water partition coefficient (Wildman–Crippen LogP) is 1.84. The van der Waals surface area contributed by atoms with Crippen molar-refractivity contribution in [2.24, 2.45) is 5.73 Å². The molecule has 1 aromatic carbocycles. The highest BCUT2D eigenvalue weighted by atomic mass is 16.5. The Morgan fingerprint density at radius 2 is 2.09 bits per heavy atom. The summed E-state index contributed by atoms with van der Waals surface area (Å²) < 4.78 is 10.4. The van der Waals surface area contributed by atoms with E-state index >= 15 is 0 Å². The summed E-state index contributed by atoms with van der Waals surface area (Å²) in [4.78, 5) is 16.8. The zero-order valence-corrected chi connectivity index (χ0v) is 13.1. The van der Waals surface area contributed by atoms with Gasteiger partial charge in [0.2, 0.25) is 11.8 Å². The van der Waals surface area contributed by atoms with Crippen molar-refractivity contribution in [1.29, 1.82) is 0 Å². The van der Waals surface area contributed by atoms with E-state index < -0.39 is 5.54 Å². The Bertz CT molecular complexity index is 730. The molecule has 0 bridgehead atoms. The van der Waals surface area contributed by atoms with Gasteiger partial charge in [-0.3, -0.25) is 4.79 Å². The van der Waals surface area contributed by atoms with Crippen molar-refractivity contribution in [2.75, 3.05) is 19.5 Å². The maximum Gasteiger partial charge on any atom is 0.249 e. The molecule has 23 heavy (non-hydrogen) atoms. The molecule has 120 valence electrons. The van der Waals surface area contributed by atoms with Gasteiger partial charge in [0.25, 0.3) is 0 Å². The molecule has 0 saturated carbocycles. The number of nitrogens with one attached hydrogen (secondary N) is 1. The van der Waals surface area contributed by atoms with Gasteiger partial charge in [-0.15, -0.1) is 0 Å². The van der Waals surface area contributed by atoms with Crippen LogP contribution in [0, 0.1) is 0 Å². The molecular weight excluding hydrogens is 294 g/mol. The Hall–Kier alpha value is -2.60. The van der Waals surface area contributed by atoms with Gasteiger partial charge < -0.3 is 20.5 Å². The molecule has 0 radical (unpaired) electrons. The molecule has 2 aromatic rings. The first kappa shape index (κ1) is 15.3. The average Bonchev–Trinajstić information content (AvgIpc) is 2.94. The topological polar surface area (TPSA) is 86.5 Å². The smallest absolute Gasteiger partial charge is 0.249 e. The highest BCUT2D eigenvalue weighted by Gasteiger charge is 2.43. The number of methoxy groups -OCH3 is 2. The summed E-state index contributed by atoms with van der Waals surface area (Å²) in [5.74, 6) is 1.01. The molecule has 6 nitrogen and oxygen atoms in total. The van der Waals surface area contributed by atoms with E-state index in [4.69, 9.17) is 15.2 Å². The Kier molecular flexibility index (Phi) is 3.92. The number of anilines is 1. The molecule has 6 heteroatoms. The zero-order chi connectivity index (χ0) is 16.4. The van der Waals surface area contributed by atoms with Gasteiger partial charge in [0, 0.05) is 6.07 Å². The molecule has 1 atom stereocenters. The number of hydrogen-bond acceptors (Lipinski definition) is 5. The number of rotatable bonds is 4. The largest absolute Gasteiger partial charge is 0.496 e. The maximum atomic E-state index is 12.7. The first-order valence-electron chi connectivity index (χ1n) is 7.35. The summed E-state index contributed by atoms with van der Waals surface area (Å²) >= 11 is 0. The molecule has 0 saturated heterocycles. The third kappa shape index (κ3) is 2.61. The van der Waals surface area contributed by atoms with E-state index in [1.807, 2.05) is 18.2 Å². The monoisotopic (exact) mass is 313 g/mol. The van der Waals surface area contributed by atoms with E-state index in [2.05, 4.69) is 10.3 Å². The van der Waals surface area contributed by atoms with Gasteiger partial charge in [-0.1, -0.05) is 12.1 Å². The van der Waals surface area contributed by atoms with E-state index in [1.165, 1.54) is 7.11 Å². The van der Waals surface area contributed by atoms with Gasteiger partial charge in [-0.2, -0.15) is 0 Å². The summed E-state index contributed by atoms with van der Waals surface area (Å²) in [5.41, 5.74) is 7.76. The fraction of sp³-hybridized carbons (Fsp3) is 0.294. The molecule has 3 rings (SSSR count). The van der Waals surface area contributed by atoms with Crippen LogP contribution in [0.25, 0.3) is 0 Å². The minimum Gasteiger partial charge on any atom is -0.496 e. The number of pyridine rings is 1. The predicted molar refractivity (Wildman–Crippen MR) is 86.6 cm³/mol. The number of ether oxygens (including phenoxy) is 2. The second kappa shape index (κ2) is 5.89. The van der Waals surface area contributed by atoms with Crippen LogP contribution >= 0.6 is 0 Å². The Morgan fingerprint density at radius 3 is 2.74 bits per heavy atom. The molecule has 0 spiro atoms. The summed E-state index contributed by atoms with van der Waals surface area (Å²) in [6.07, 6.45) is 2.80. The third-order valence-corrected chi connectivity index (χ3v) is 4.21. The number of nitrogens with two attached hydrogens (primary N) is 1. The van der Waals surface area contributed by atoms with E-state index in [9.17, 15) is 4.79 Å². The standard InChI is InChI=1S/C17H19N3O3/c1-22-14-5-3-4-13-12(14)8-9-17(13,18)16(21)20-11-6-7-15(23-2)19-10-11/h3-7,10H,8-9,18H2,1-2H3,(H,20,21). The van der Waals surface area contributed by atoms with Gasteiger partial charge in [-0.05, 0) is 36.1 Å². The van der Waals surface area contributed by atoms with Crippen molar-refractivity contribution >= 4 is 11.6 Å². The third-order valence-electron chi connectivity index (χ3n) is 4.21. The summed E-state index contributed by atoms with van der Waals surface area (Å²) in [7, 11) is 3.16. The summed E-state index contributed by atoms with van der Waals surface area (Å²) in [5, 5.41) is 2.83. The van der Waals surface area contributed by atoms with Crippen molar-refractivity contribution < 1.29 is 14.3 Å². The number of hydrogen-bond donors (Lipinski definition) is 2. The lowest BCUT2D eigenvalue weighted by atomic mass is 9.91. The van der Waals surface area contributed by atoms with Crippen LogP contribution in [0.2, 0.25) is 0 Å². The number of fused-ring (bicyclic) bond motifs is 1. The van der Waals surface area contributed by atoms with Crippen molar-refractivity contribution in [1.82, 2.24) is 4.98 Å². The lowest BCUT2D eigenvalue weighted by Crippen LogP contribution is -2.46. The summed E-state index contributed by atoms with van der Waals surface area (Å²) in [6.45, 7) is 0. The molecular formula is C17H19N3O3. The molecule has 1 heterocycles. The first-order chi connectivity index (χ1) is 11.1. The van der Waals surface area contributed by atoms with Gasteiger partial charge in [0.05, 0.1) is 26.1 Å². The van der Waals surface area contributed by atoms with Crippen LogP contribution in [0.5, 0.6) is 11.6 Å². The molecule has 1 aromatic heterocycles. The molecule has 1 unspecified atom stereocenters. The first-order valence-corrected chi connectivity index (χ1v) is 7.35. The summed E-state index contributed by atoms with van der Waals surface area (Å²) in [6, 6.07) is 9.04. The second-order valence-corrected chi connectivity index (χ2v) is 5.50. The van der Waals surface area contributed by atoms with E-state index in [1.54, 1.807) is 25.4 Å². The highest BCUT2D eigenvalue weighted by molar-refractivity contribution is 5.99. The lowest BCUT2D eigenvalue weighted by molar-refractivity contribution is -0.121. The van der Waals surface area contributed by atoms with Gasteiger partial charge >= 0.3 is 0 Å². The number of carbonyl (C=O) groups excluding carboxylic acids is 1. The average molecular weight is 313 g/mol. The number of nitrogens with zero attached hydrogens (tertiary/aromatic N) is 1. The highest BCUT2D eigenvalue weighted by Crippen LogP contribution is 2.40. The van der Waals surface area contributed by atoms with Crippen molar-refractivity contribution in [2.45, 2.75) is 18.4 Å². The van der Waals surface area contributed by atoms with Crippen LogP contribution in [-0.2, 0) is 16.8 Å². The molecule has 0 aliphatic heterocycles. The maximum absolute atomic E-state index is 12.7. The van der Waals surface area contributed by atoms with Crippen LogP contribution in [-0.4, -0.2) is 25.1 Å². The van der Waals surface area contributed by atoms with E-state index in [0.717, 1.165) is 16.9 Å². The fourth-order valence-electron chi connectivity index (χ4n) is 2.94. The quantitative estimate of drug-likeness (QED) is 0.899. The van der Waals surface area contributed by atoms with Crippen LogP contribution in [0.4, 0.5) is 5.69 Å². The fourth-order valence-corrected chi connectivity index (χ4v) is 2.94. The van der Waals surface area contributed by atoms with Crippen LogP contribution in [0.3, 0.4) is 0 Å². The number of aromatic nitrogens is 1. The molecule has 1 aliphatic carbocycles. The van der Waals surface area contributed by atoms with Crippen LogP contribution in [0.15, 0.2) is 36.5 Å². The number of carbonyl (C=O) groups is 1. The Morgan fingerprint density at radius 1 is 1.26 bits per heavy atom. The molecule has 0 fully saturated rings. The van der Waals surface area contributed by atoms with Crippen LogP contribution < -0.4 is 20.5 Å².